The predicted octanol–water partition coefficient (Wildman–Crippen LogP) is 6.41. The van der Waals surface area contributed by atoms with Gasteiger partial charge in [-0.05, 0) is 73.1 Å². The molecule has 4 rings (SSSR count). The summed E-state index contributed by atoms with van der Waals surface area (Å²) in [5.74, 6) is 2.47. The summed E-state index contributed by atoms with van der Waals surface area (Å²) in [6, 6.07) is 12.5. The average molecular weight is 471 g/mol. The molecule has 2 fully saturated rings. The molecular formula is C26H35ClN4S. The average Bonchev–Trinajstić information content (AvgIpc) is 2.79. The summed E-state index contributed by atoms with van der Waals surface area (Å²) >= 11 is 11.8. The van der Waals surface area contributed by atoms with Crippen molar-refractivity contribution in [1.29, 1.82) is 0 Å². The molecule has 0 radical (unpaired) electrons. The first kappa shape index (κ1) is 23.3. The molecule has 2 heterocycles. The Kier molecular flexibility index (Phi) is 7.57. The van der Waals surface area contributed by atoms with E-state index < -0.39 is 0 Å². The fourth-order valence-corrected chi connectivity index (χ4v) is 5.84. The first-order valence-electron chi connectivity index (χ1n) is 12.0. The molecule has 172 valence electrons. The zero-order valence-electron chi connectivity index (χ0n) is 19.2. The monoisotopic (exact) mass is 470 g/mol. The topological polar surface area (TPSA) is 40.2 Å². The fraction of sp³-hybridized carbons (Fsp3) is 0.538. The third kappa shape index (κ3) is 5.74. The molecule has 0 spiro atoms. The van der Waals surface area contributed by atoms with E-state index in [-0.39, 0.29) is 5.41 Å². The molecule has 0 amide bonds. The number of nitrogens with zero attached hydrogens (tertiary/aromatic N) is 2. The van der Waals surface area contributed by atoms with Gasteiger partial charge in [-0.15, -0.1) is 0 Å². The standard InChI is InChI=1S/C26H35ClN4S/c1-19-14-20(2)17-31(16-19)24-11-10-23(15-28-24)30-25(32)29-18-26(12-4-3-5-13-26)21-6-8-22(27)9-7-21/h6-11,15,19-20H,3-5,12-14,16-18H2,1-2H3,(H2,29,30,32). The molecule has 2 atom stereocenters. The second-order valence-electron chi connectivity index (χ2n) is 9.91. The van der Waals surface area contributed by atoms with Crippen LogP contribution in [0, 0.1) is 11.8 Å². The highest BCUT2D eigenvalue weighted by Crippen LogP contribution is 2.39. The van der Waals surface area contributed by atoms with Crippen LogP contribution in [0.3, 0.4) is 0 Å². The number of anilines is 2. The number of hydrogen-bond donors (Lipinski definition) is 2. The van der Waals surface area contributed by atoms with E-state index in [2.05, 4.69) is 53.6 Å². The summed E-state index contributed by atoms with van der Waals surface area (Å²) in [5, 5.41) is 8.26. The van der Waals surface area contributed by atoms with Crippen molar-refractivity contribution in [2.24, 2.45) is 11.8 Å². The van der Waals surface area contributed by atoms with Crippen molar-refractivity contribution >= 4 is 40.4 Å². The molecule has 1 aromatic heterocycles. The van der Waals surface area contributed by atoms with Crippen molar-refractivity contribution < 1.29 is 0 Å². The molecule has 1 saturated carbocycles. The lowest BCUT2D eigenvalue weighted by Crippen LogP contribution is -2.43. The Bertz CT molecular complexity index is 883. The van der Waals surface area contributed by atoms with Gasteiger partial charge >= 0.3 is 0 Å². The van der Waals surface area contributed by atoms with E-state index in [1.807, 2.05) is 18.3 Å². The Labute approximate surface area is 203 Å². The van der Waals surface area contributed by atoms with Crippen LogP contribution in [-0.4, -0.2) is 29.7 Å². The minimum atomic E-state index is 0.109. The molecular weight excluding hydrogens is 436 g/mol. The first-order valence-corrected chi connectivity index (χ1v) is 12.7. The number of pyridine rings is 1. The third-order valence-electron chi connectivity index (χ3n) is 7.05. The molecule has 2 N–H and O–H groups in total. The molecule has 6 heteroatoms. The molecule has 2 aliphatic rings. The maximum absolute atomic E-state index is 6.13. The quantitative estimate of drug-likeness (QED) is 0.494. The fourth-order valence-electron chi connectivity index (χ4n) is 5.52. The lowest BCUT2D eigenvalue weighted by molar-refractivity contribution is 0.292. The van der Waals surface area contributed by atoms with Crippen LogP contribution in [0.2, 0.25) is 5.02 Å². The minimum absolute atomic E-state index is 0.109. The van der Waals surface area contributed by atoms with Gasteiger partial charge in [0.05, 0.1) is 11.9 Å². The van der Waals surface area contributed by atoms with Gasteiger partial charge in [-0.3, -0.25) is 0 Å². The molecule has 1 aliphatic heterocycles. The summed E-state index contributed by atoms with van der Waals surface area (Å²) in [7, 11) is 0. The lowest BCUT2D eigenvalue weighted by atomic mass is 9.69. The molecule has 1 aromatic carbocycles. The van der Waals surface area contributed by atoms with Gasteiger partial charge in [0.2, 0.25) is 0 Å². The maximum atomic E-state index is 6.13. The molecule has 32 heavy (non-hydrogen) atoms. The van der Waals surface area contributed by atoms with Crippen molar-refractivity contribution in [3.05, 3.63) is 53.2 Å². The minimum Gasteiger partial charge on any atom is -0.362 e. The Morgan fingerprint density at radius 1 is 1.06 bits per heavy atom. The number of halogens is 1. The Morgan fingerprint density at radius 2 is 1.75 bits per heavy atom. The highest BCUT2D eigenvalue weighted by atomic mass is 35.5. The Hall–Kier alpha value is -1.85. The largest absolute Gasteiger partial charge is 0.362 e. The SMILES string of the molecule is CC1CC(C)CN(c2ccc(NC(=S)NCC3(c4ccc(Cl)cc4)CCCCC3)cn2)C1. The van der Waals surface area contributed by atoms with Gasteiger partial charge in [0.25, 0.3) is 0 Å². The van der Waals surface area contributed by atoms with Crippen LogP contribution in [0.5, 0.6) is 0 Å². The van der Waals surface area contributed by atoms with E-state index in [9.17, 15) is 0 Å². The van der Waals surface area contributed by atoms with Crippen molar-refractivity contribution in [3.63, 3.8) is 0 Å². The molecule has 2 aromatic rings. The van der Waals surface area contributed by atoms with Crippen LogP contribution in [0.4, 0.5) is 11.5 Å². The van der Waals surface area contributed by atoms with Crippen LogP contribution in [0.15, 0.2) is 42.6 Å². The van der Waals surface area contributed by atoms with Crippen LogP contribution in [0.1, 0.15) is 57.9 Å². The normalized spacial score (nSPS) is 22.9. The second-order valence-corrected chi connectivity index (χ2v) is 10.8. The first-order chi connectivity index (χ1) is 15.4. The summed E-state index contributed by atoms with van der Waals surface area (Å²) in [6.07, 6.45) is 9.36. The number of hydrogen-bond acceptors (Lipinski definition) is 3. The number of nitrogens with one attached hydrogen (secondary N) is 2. The number of piperidine rings is 1. The number of benzene rings is 1. The van der Waals surface area contributed by atoms with Crippen molar-refractivity contribution in [2.45, 2.75) is 57.8 Å². The maximum Gasteiger partial charge on any atom is 0.170 e. The second kappa shape index (κ2) is 10.4. The van der Waals surface area contributed by atoms with Crippen LogP contribution >= 0.6 is 23.8 Å². The van der Waals surface area contributed by atoms with Gasteiger partial charge in [0, 0.05) is 30.1 Å². The van der Waals surface area contributed by atoms with Gasteiger partial charge in [-0.25, -0.2) is 4.98 Å². The van der Waals surface area contributed by atoms with E-state index in [4.69, 9.17) is 28.8 Å². The van der Waals surface area contributed by atoms with Crippen molar-refractivity contribution in [1.82, 2.24) is 10.3 Å². The number of rotatable bonds is 5. The third-order valence-corrected chi connectivity index (χ3v) is 7.55. The highest BCUT2D eigenvalue weighted by molar-refractivity contribution is 7.80. The molecule has 2 unspecified atom stereocenters. The van der Waals surface area contributed by atoms with Gasteiger partial charge < -0.3 is 15.5 Å². The summed E-state index contributed by atoms with van der Waals surface area (Å²) in [6.45, 7) is 7.64. The van der Waals surface area contributed by atoms with Gasteiger partial charge in [-0.1, -0.05) is 56.8 Å². The van der Waals surface area contributed by atoms with Gasteiger partial charge in [-0.2, -0.15) is 0 Å². The van der Waals surface area contributed by atoms with E-state index >= 15 is 0 Å². The zero-order chi connectivity index (χ0) is 22.6. The van der Waals surface area contributed by atoms with Gasteiger partial charge in [0.15, 0.2) is 5.11 Å². The van der Waals surface area contributed by atoms with Gasteiger partial charge in [0.1, 0.15) is 5.82 Å². The Morgan fingerprint density at radius 3 is 2.38 bits per heavy atom. The van der Waals surface area contributed by atoms with E-state index in [1.54, 1.807) is 0 Å². The van der Waals surface area contributed by atoms with Crippen LogP contribution in [-0.2, 0) is 5.41 Å². The van der Waals surface area contributed by atoms with E-state index in [0.717, 1.165) is 36.2 Å². The zero-order valence-corrected chi connectivity index (χ0v) is 20.8. The molecule has 1 aliphatic carbocycles. The number of aromatic nitrogens is 1. The molecule has 4 nitrogen and oxygen atoms in total. The van der Waals surface area contributed by atoms with Crippen molar-refractivity contribution in [2.75, 3.05) is 29.9 Å². The highest BCUT2D eigenvalue weighted by Gasteiger charge is 2.34. The summed E-state index contributed by atoms with van der Waals surface area (Å²) in [5.41, 5.74) is 2.39. The molecule has 1 saturated heterocycles. The summed E-state index contributed by atoms with van der Waals surface area (Å²) in [4.78, 5) is 7.11. The summed E-state index contributed by atoms with van der Waals surface area (Å²) < 4.78 is 0. The van der Waals surface area contributed by atoms with Crippen LogP contribution in [0.25, 0.3) is 0 Å². The number of thiocarbonyl (C=S) groups is 1. The lowest BCUT2D eigenvalue weighted by Gasteiger charge is -2.38. The van der Waals surface area contributed by atoms with E-state index in [0.29, 0.717) is 16.9 Å². The predicted molar refractivity (Wildman–Crippen MR) is 140 cm³/mol. The van der Waals surface area contributed by atoms with E-state index in [1.165, 1.54) is 44.1 Å². The van der Waals surface area contributed by atoms with Crippen LogP contribution < -0.4 is 15.5 Å². The Balaban J connectivity index is 1.36. The smallest absolute Gasteiger partial charge is 0.170 e. The van der Waals surface area contributed by atoms with Crippen molar-refractivity contribution in [3.8, 4) is 0 Å². The molecule has 0 bridgehead atoms.